The van der Waals surface area contributed by atoms with E-state index in [0.29, 0.717) is 12.5 Å². The van der Waals surface area contributed by atoms with Crippen LogP contribution in [0.15, 0.2) is 11.4 Å². The Kier molecular flexibility index (Phi) is 6.38. The van der Waals surface area contributed by atoms with E-state index < -0.39 is 0 Å². The molecule has 1 aliphatic heterocycles. The van der Waals surface area contributed by atoms with E-state index in [4.69, 9.17) is 5.73 Å². The number of hydrogen-bond donors (Lipinski definition) is 2. The molecule has 0 saturated carbocycles. The summed E-state index contributed by atoms with van der Waals surface area (Å²) in [5.41, 5.74) is 6.71. The molecular weight excluding hydrogens is 312 g/mol. The van der Waals surface area contributed by atoms with E-state index in [-0.39, 0.29) is 29.1 Å². The largest absolute Gasteiger partial charge is 0.348 e. The van der Waals surface area contributed by atoms with E-state index in [0.717, 1.165) is 12.2 Å². The van der Waals surface area contributed by atoms with Crippen LogP contribution in [0.3, 0.4) is 0 Å². The third-order valence-electron chi connectivity index (χ3n) is 4.02. The summed E-state index contributed by atoms with van der Waals surface area (Å²) in [4.78, 5) is 13.9. The Hall–Kier alpha value is -0.230. The molecule has 0 spiro atoms. The molecule has 1 aromatic heterocycles. The Bertz CT molecular complexity index is 464. The second kappa shape index (κ2) is 7.16. The highest BCUT2D eigenvalue weighted by Gasteiger charge is 2.34. The van der Waals surface area contributed by atoms with E-state index in [1.165, 1.54) is 10.4 Å². The topological polar surface area (TPSA) is 55.1 Å². The highest BCUT2D eigenvalue weighted by atomic mass is 35.5. The average Bonchev–Trinajstić information content (AvgIpc) is 2.86. The first-order valence-electron chi connectivity index (χ1n) is 6.68. The summed E-state index contributed by atoms with van der Waals surface area (Å²) in [5, 5.41) is 5.18. The van der Waals surface area contributed by atoms with E-state index in [1.807, 2.05) is 6.92 Å². The van der Waals surface area contributed by atoms with Crippen LogP contribution < -0.4 is 11.1 Å². The van der Waals surface area contributed by atoms with Crippen LogP contribution in [0.25, 0.3) is 0 Å². The Morgan fingerprint density at radius 1 is 1.60 bits per heavy atom. The van der Waals surface area contributed by atoms with Crippen molar-refractivity contribution >= 4 is 41.4 Å². The van der Waals surface area contributed by atoms with Gasteiger partial charge >= 0.3 is 0 Å². The normalized spacial score (nSPS) is 20.8. The zero-order chi connectivity index (χ0) is 14.0. The molecular formula is C14H23ClN2OS2. The molecule has 6 heteroatoms. The third kappa shape index (κ3) is 3.50. The molecule has 2 unspecified atom stereocenters. The van der Waals surface area contributed by atoms with E-state index in [9.17, 15) is 4.79 Å². The summed E-state index contributed by atoms with van der Waals surface area (Å²) < 4.78 is 0. The number of rotatable bonds is 4. The highest BCUT2D eigenvalue weighted by molar-refractivity contribution is 8.00. The highest BCUT2D eigenvalue weighted by Crippen LogP contribution is 2.39. The van der Waals surface area contributed by atoms with Gasteiger partial charge in [-0.3, -0.25) is 4.79 Å². The van der Waals surface area contributed by atoms with Gasteiger partial charge in [0.25, 0.3) is 0 Å². The van der Waals surface area contributed by atoms with Gasteiger partial charge in [0.05, 0.1) is 5.54 Å². The SMILES string of the molecule is CC(C)C(C)(CN)NC(=O)C1SCCc2sccc21.Cl. The number of nitrogens with one attached hydrogen (secondary N) is 1. The van der Waals surface area contributed by atoms with Crippen LogP contribution in [-0.2, 0) is 11.2 Å². The maximum atomic E-state index is 12.6. The Morgan fingerprint density at radius 3 is 2.90 bits per heavy atom. The fourth-order valence-corrected chi connectivity index (χ4v) is 4.43. The second-order valence-corrected chi connectivity index (χ2v) is 7.78. The molecule has 2 rings (SSSR count). The lowest BCUT2D eigenvalue weighted by Crippen LogP contribution is -2.56. The summed E-state index contributed by atoms with van der Waals surface area (Å²) >= 11 is 3.49. The Labute approximate surface area is 135 Å². The molecule has 0 aliphatic carbocycles. The number of aryl methyl sites for hydroxylation is 1. The summed E-state index contributed by atoms with van der Waals surface area (Å²) in [6.07, 6.45) is 1.08. The van der Waals surface area contributed by atoms with Crippen LogP contribution in [0.1, 0.15) is 36.5 Å². The van der Waals surface area contributed by atoms with Crippen LogP contribution in [-0.4, -0.2) is 23.7 Å². The van der Waals surface area contributed by atoms with Crippen molar-refractivity contribution in [1.29, 1.82) is 0 Å². The molecule has 0 bridgehead atoms. The number of nitrogens with two attached hydrogens (primary N) is 1. The fraction of sp³-hybridized carbons (Fsp3) is 0.643. The van der Waals surface area contributed by atoms with Crippen molar-refractivity contribution in [2.75, 3.05) is 12.3 Å². The van der Waals surface area contributed by atoms with Crippen molar-refractivity contribution in [1.82, 2.24) is 5.32 Å². The van der Waals surface area contributed by atoms with E-state index >= 15 is 0 Å². The minimum Gasteiger partial charge on any atom is -0.348 e. The van der Waals surface area contributed by atoms with Crippen LogP contribution in [0.4, 0.5) is 0 Å². The molecule has 20 heavy (non-hydrogen) atoms. The molecule has 2 atom stereocenters. The first-order valence-corrected chi connectivity index (χ1v) is 8.60. The van der Waals surface area contributed by atoms with Gasteiger partial charge in [0.2, 0.25) is 5.91 Å². The maximum absolute atomic E-state index is 12.6. The zero-order valence-corrected chi connectivity index (χ0v) is 14.6. The predicted octanol–water partition coefficient (Wildman–Crippen LogP) is 2.99. The molecule has 3 N–H and O–H groups in total. The number of halogens is 1. The van der Waals surface area contributed by atoms with Gasteiger partial charge in [-0.25, -0.2) is 0 Å². The number of hydrogen-bond acceptors (Lipinski definition) is 4. The Morgan fingerprint density at radius 2 is 2.30 bits per heavy atom. The zero-order valence-electron chi connectivity index (χ0n) is 12.1. The van der Waals surface area contributed by atoms with Crippen LogP contribution in [0, 0.1) is 5.92 Å². The molecule has 0 radical (unpaired) electrons. The van der Waals surface area contributed by atoms with Gasteiger partial charge in [-0.05, 0) is 42.0 Å². The van der Waals surface area contributed by atoms with Gasteiger partial charge in [0.1, 0.15) is 5.25 Å². The van der Waals surface area contributed by atoms with Gasteiger partial charge in [0, 0.05) is 11.4 Å². The van der Waals surface area contributed by atoms with Crippen LogP contribution in [0.5, 0.6) is 0 Å². The molecule has 3 nitrogen and oxygen atoms in total. The minimum atomic E-state index is -0.328. The molecule has 114 valence electrons. The van der Waals surface area contributed by atoms with Gasteiger partial charge in [-0.2, -0.15) is 0 Å². The smallest absolute Gasteiger partial charge is 0.238 e. The first-order chi connectivity index (χ1) is 8.98. The van der Waals surface area contributed by atoms with Gasteiger partial charge in [-0.1, -0.05) is 13.8 Å². The van der Waals surface area contributed by atoms with Gasteiger partial charge in [0.15, 0.2) is 0 Å². The summed E-state index contributed by atoms with van der Waals surface area (Å²) in [6, 6.07) is 2.09. The van der Waals surface area contributed by atoms with Crippen molar-refractivity contribution in [2.24, 2.45) is 11.7 Å². The molecule has 1 aromatic rings. The van der Waals surface area contributed by atoms with Crippen molar-refractivity contribution in [2.45, 2.75) is 38.0 Å². The van der Waals surface area contributed by atoms with Crippen molar-refractivity contribution in [3.63, 3.8) is 0 Å². The maximum Gasteiger partial charge on any atom is 0.238 e. The molecule has 1 amide bonds. The number of thioether (sulfide) groups is 1. The first kappa shape index (κ1) is 17.8. The van der Waals surface area contributed by atoms with Crippen LogP contribution >= 0.6 is 35.5 Å². The minimum absolute atomic E-state index is 0. The number of carbonyl (C=O) groups excluding carboxylic acids is 1. The number of thiophene rings is 1. The Balaban J connectivity index is 0.00000200. The van der Waals surface area contributed by atoms with Gasteiger partial charge in [-0.15, -0.1) is 35.5 Å². The standard InChI is InChI=1S/C14H22N2OS2.ClH/c1-9(2)14(3,8-15)16-13(17)12-10-4-6-18-11(10)5-7-19-12;/h4,6,9,12H,5,7-8,15H2,1-3H3,(H,16,17);1H. The molecule has 0 saturated heterocycles. The lowest BCUT2D eigenvalue weighted by molar-refractivity contribution is -0.122. The lowest BCUT2D eigenvalue weighted by Gasteiger charge is -2.35. The molecule has 0 aromatic carbocycles. The van der Waals surface area contributed by atoms with E-state index in [2.05, 4.69) is 30.6 Å². The lowest BCUT2D eigenvalue weighted by atomic mass is 9.88. The fourth-order valence-electron chi connectivity index (χ4n) is 2.14. The molecule has 0 fully saturated rings. The third-order valence-corrected chi connectivity index (χ3v) is 6.26. The predicted molar refractivity (Wildman–Crippen MR) is 90.9 cm³/mol. The van der Waals surface area contributed by atoms with Crippen molar-refractivity contribution < 1.29 is 4.79 Å². The average molecular weight is 335 g/mol. The number of amides is 1. The summed E-state index contributed by atoms with van der Waals surface area (Å²) in [6.45, 7) is 6.68. The molecule has 2 heterocycles. The van der Waals surface area contributed by atoms with Crippen LogP contribution in [0.2, 0.25) is 0 Å². The quantitative estimate of drug-likeness (QED) is 0.890. The second-order valence-electron chi connectivity index (χ2n) is 5.57. The van der Waals surface area contributed by atoms with Crippen molar-refractivity contribution in [3.05, 3.63) is 21.9 Å². The number of carbonyl (C=O) groups is 1. The number of fused-ring (bicyclic) bond motifs is 1. The van der Waals surface area contributed by atoms with Gasteiger partial charge < -0.3 is 11.1 Å². The molecule has 1 aliphatic rings. The summed E-state index contributed by atoms with van der Waals surface area (Å²) in [5.74, 6) is 1.44. The van der Waals surface area contributed by atoms with E-state index in [1.54, 1.807) is 23.1 Å². The monoisotopic (exact) mass is 334 g/mol. The summed E-state index contributed by atoms with van der Waals surface area (Å²) in [7, 11) is 0. The van der Waals surface area contributed by atoms with Crippen molar-refractivity contribution in [3.8, 4) is 0 Å².